The van der Waals surface area contributed by atoms with Crippen molar-refractivity contribution in [3.8, 4) is 0 Å². The molecule has 0 aliphatic carbocycles. The minimum Gasteiger partial charge on any atom is -0.481 e. The van der Waals surface area contributed by atoms with Crippen molar-refractivity contribution in [2.45, 2.75) is 57.7 Å². The minimum absolute atomic E-state index is 0.114. The van der Waals surface area contributed by atoms with Gasteiger partial charge in [0.15, 0.2) is 0 Å². The summed E-state index contributed by atoms with van der Waals surface area (Å²) in [4.78, 5) is 68.9. The summed E-state index contributed by atoms with van der Waals surface area (Å²) >= 11 is 0. The van der Waals surface area contributed by atoms with Crippen LogP contribution < -0.4 is 27.4 Å². The molecule has 0 bridgehead atoms. The first-order chi connectivity index (χ1) is 13.8. The fourth-order valence-corrected chi connectivity index (χ4v) is 2.37. The Hall–Kier alpha value is -3.22. The quantitative estimate of drug-likeness (QED) is 0.151. The highest BCUT2D eigenvalue weighted by Gasteiger charge is 2.26. The fraction of sp³-hybridized carbons (Fsp3) is 0.647. The van der Waals surface area contributed by atoms with Crippen molar-refractivity contribution in [1.82, 2.24) is 16.0 Å². The molecule has 170 valence electrons. The van der Waals surface area contributed by atoms with E-state index in [1.165, 1.54) is 0 Å². The third-order valence-electron chi connectivity index (χ3n) is 3.80. The zero-order chi connectivity index (χ0) is 23.4. The lowest BCUT2D eigenvalue weighted by molar-refractivity contribution is -0.143. The zero-order valence-corrected chi connectivity index (χ0v) is 16.8. The van der Waals surface area contributed by atoms with Gasteiger partial charge in [0.05, 0.1) is 19.0 Å². The number of nitrogens with two attached hydrogens (primary N) is 2. The average molecular weight is 431 g/mol. The third kappa shape index (κ3) is 11.6. The molecule has 9 N–H and O–H groups in total. The van der Waals surface area contributed by atoms with Crippen LogP contribution in [0.5, 0.6) is 0 Å². The molecule has 0 fully saturated rings. The molecular weight excluding hydrogens is 402 g/mol. The highest BCUT2D eigenvalue weighted by Crippen LogP contribution is 2.05. The van der Waals surface area contributed by atoms with Gasteiger partial charge in [0.1, 0.15) is 12.1 Å². The van der Waals surface area contributed by atoms with Crippen molar-refractivity contribution in [2.24, 2.45) is 17.4 Å². The number of carboxylic acids is 2. The second-order valence-corrected chi connectivity index (χ2v) is 7.08. The van der Waals surface area contributed by atoms with Gasteiger partial charge in [-0.2, -0.15) is 0 Å². The number of carbonyl (C=O) groups is 6. The number of hydrogen-bond donors (Lipinski definition) is 7. The molecule has 0 aliphatic rings. The summed E-state index contributed by atoms with van der Waals surface area (Å²) < 4.78 is 0. The number of hydrogen-bond acceptors (Lipinski definition) is 7. The molecule has 0 aliphatic heterocycles. The van der Waals surface area contributed by atoms with Gasteiger partial charge in [0.2, 0.25) is 23.6 Å². The standard InChI is InChI=1S/C17H29N5O8/c1-8(2)5-9(18)15(27)22-10(3-4-14(25)26)16(28)20-7-13(24)21-11(17(29)30)6-12(19)23/h8-11H,3-7,18H2,1-2H3,(H2,19,23)(H,20,28)(H,21,24)(H,22,27)(H,25,26)(H,29,30). The van der Waals surface area contributed by atoms with Crippen LogP contribution in [0.2, 0.25) is 0 Å². The molecule has 4 amide bonds. The summed E-state index contributed by atoms with van der Waals surface area (Å²) in [5.41, 5.74) is 10.7. The van der Waals surface area contributed by atoms with E-state index in [-0.39, 0.29) is 12.3 Å². The molecule has 30 heavy (non-hydrogen) atoms. The van der Waals surface area contributed by atoms with Gasteiger partial charge in [-0.1, -0.05) is 13.8 Å². The van der Waals surface area contributed by atoms with E-state index in [1.807, 2.05) is 19.2 Å². The van der Waals surface area contributed by atoms with E-state index in [0.29, 0.717) is 6.42 Å². The van der Waals surface area contributed by atoms with Gasteiger partial charge in [0, 0.05) is 6.42 Å². The second kappa shape index (κ2) is 13.1. The van der Waals surface area contributed by atoms with Gasteiger partial charge in [0.25, 0.3) is 0 Å². The number of rotatable bonds is 14. The number of nitrogens with one attached hydrogen (secondary N) is 3. The zero-order valence-electron chi connectivity index (χ0n) is 16.8. The van der Waals surface area contributed by atoms with E-state index in [0.717, 1.165) is 0 Å². The second-order valence-electron chi connectivity index (χ2n) is 7.08. The topological polar surface area (TPSA) is 231 Å². The number of primary amides is 1. The van der Waals surface area contributed by atoms with Gasteiger partial charge in [-0.25, -0.2) is 4.79 Å². The summed E-state index contributed by atoms with van der Waals surface area (Å²) in [6.45, 7) is 3.03. The number of aliphatic carboxylic acids is 2. The molecular formula is C17H29N5O8. The molecule has 0 aromatic heterocycles. The summed E-state index contributed by atoms with van der Waals surface area (Å²) in [5.74, 6) is -5.92. The van der Waals surface area contributed by atoms with E-state index in [2.05, 4.69) is 10.6 Å². The average Bonchev–Trinajstić information content (AvgIpc) is 2.61. The van der Waals surface area contributed by atoms with E-state index < -0.39 is 73.1 Å². The molecule has 3 atom stereocenters. The maximum absolute atomic E-state index is 12.3. The fourth-order valence-electron chi connectivity index (χ4n) is 2.37. The summed E-state index contributed by atoms with van der Waals surface area (Å²) in [6, 6.07) is -3.73. The first kappa shape index (κ1) is 26.8. The Morgan fingerprint density at radius 1 is 0.933 bits per heavy atom. The van der Waals surface area contributed by atoms with Crippen molar-refractivity contribution in [3.05, 3.63) is 0 Å². The van der Waals surface area contributed by atoms with Crippen LogP contribution in [-0.4, -0.2) is 70.5 Å². The Labute approximate surface area is 172 Å². The summed E-state index contributed by atoms with van der Waals surface area (Å²) in [7, 11) is 0. The van der Waals surface area contributed by atoms with Crippen LogP contribution >= 0.6 is 0 Å². The number of carbonyl (C=O) groups excluding carboxylic acids is 4. The van der Waals surface area contributed by atoms with Gasteiger partial charge in [-0.15, -0.1) is 0 Å². The van der Waals surface area contributed by atoms with Crippen molar-refractivity contribution in [3.63, 3.8) is 0 Å². The van der Waals surface area contributed by atoms with Gasteiger partial charge in [-0.3, -0.25) is 24.0 Å². The first-order valence-corrected chi connectivity index (χ1v) is 9.19. The summed E-state index contributed by atoms with van der Waals surface area (Å²) in [5, 5.41) is 24.3. The SMILES string of the molecule is CC(C)CC(N)C(=O)NC(CCC(=O)O)C(=O)NCC(=O)NC(CC(N)=O)C(=O)O. The molecule has 13 nitrogen and oxygen atoms in total. The normalized spacial score (nSPS) is 13.6. The van der Waals surface area contributed by atoms with Gasteiger partial charge >= 0.3 is 11.9 Å². The highest BCUT2D eigenvalue weighted by atomic mass is 16.4. The largest absolute Gasteiger partial charge is 0.481 e. The van der Waals surface area contributed by atoms with E-state index in [4.69, 9.17) is 21.7 Å². The minimum atomic E-state index is -1.57. The Balaban J connectivity index is 4.92. The van der Waals surface area contributed by atoms with E-state index >= 15 is 0 Å². The summed E-state index contributed by atoms with van der Waals surface area (Å²) in [6.07, 6.45) is -0.968. The predicted molar refractivity (Wildman–Crippen MR) is 103 cm³/mol. The van der Waals surface area contributed by atoms with Crippen molar-refractivity contribution >= 4 is 35.6 Å². The Kier molecular flexibility index (Phi) is 11.7. The van der Waals surface area contributed by atoms with E-state index in [9.17, 15) is 28.8 Å². The molecule has 13 heteroatoms. The Morgan fingerprint density at radius 2 is 1.53 bits per heavy atom. The van der Waals surface area contributed by atoms with Crippen LogP contribution in [0, 0.1) is 5.92 Å². The third-order valence-corrected chi connectivity index (χ3v) is 3.80. The molecule has 0 radical (unpaired) electrons. The van der Waals surface area contributed by atoms with Crippen LogP contribution in [0.15, 0.2) is 0 Å². The Morgan fingerprint density at radius 3 is 2.00 bits per heavy atom. The number of carboxylic acid groups (broad SMARTS) is 2. The molecule has 0 saturated heterocycles. The lowest BCUT2D eigenvalue weighted by Crippen LogP contribution is -2.54. The van der Waals surface area contributed by atoms with Crippen LogP contribution in [0.25, 0.3) is 0 Å². The molecule has 0 saturated carbocycles. The maximum Gasteiger partial charge on any atom is 0.326 e. The van der Waals surface area contributed by atoms with Crippen molar-refractivity contribution in [2.75, 3.05) is 6.54 Å². The first-order valence-electron chi connectivity index (χ1n) is 9.19. The van der Waals surface area contributed by atoms with Crippen LogP contribution in [0.4, 0.5) is 0 Å². The van der Waals surface area contributed by atoms with Crippen LogP contribution in [0.3, 0.4) is 0 Å². The van der Waals surface area contributed by atoms with E-state index in [1.54, 1.807) is 0 Å². The molecule has 0 aromatic carbocycles. The molecule has 0 aromatic rings. The maximum atomic E-state index is 12.3. The molecule has 0 heterocycles. The van der Waals surface area contributed by atoms with Crippen LogP contribution in [-0.2, 0) is 28.8 Å². The van der Waals surface area contributed by atoms with Gasteiger partial charge in [-0.05, 0) is 18.8 Å². The molecule has 0 rings (SSSR count). The van der Waals surface area contributed by atoms with Crippen molar-refractivity contribution < 1.29 is 39.0 Å². The Bertz CT molecular complexity index is 667. The van der Waals surface area contributed by atoms with Gasteiger partial charge < -0.3 is 37.6 Å². The van der Waals surface area contributed by atoms with Crippen LogP contribution in [0.1, 0.15) is 39.5 Å². The lowest BCUT2D eigenvalue weighted by Gasteiger charge is -2.21. The molecule has 3 unspecified atom stereocenters. The monoisotopic (exact) mass is 431 g/mol. The lowest BCUT2D eigenvalue weighted by atomic mass is 10.0. The highest BCUT2D eigenvalue weighted by molar-refractivity contribution is 5.93. The molecule has 0 spiro atoms. The smallest absolute Gasteiger partial charge is 0.326 e. The predicted octanol–water partition coefficient (Wildman–Crippen LogP) is -2.73. The number of amides is 4. The van der Waals surface area contributed by atoms with Crippen molar-refractivity contribution in [1.29, 1.82) is 0 Å².